The van der Waals surface area contributed by atoms with Gasteiger partial charge in [-0.05, 0) is 39.7 Å². The van der Waals surface area contributed by atoms with Crippen molar-refractivity contribution in [2.24, 2.45) is 0 Å². The van der Waals surface area contributed by atoms with E-state index < -0.39 is 0 Å². The van der Waals surface area contributed by atoms with Crippen LogP contribution >= 0.6 is 0 Å². The predicted molar refractivity (Wildman–Crippen MR) is 68.5 cm³/mol. The van der Waals surface area contributed by atoms with Crippen molar-refractivity contribution in [2.45, 2.75) is 45.2 Å². The lowest BCUT2D eigenvalue weighted by atomic mass is 10.1. The second kappa shape index (κ2) is 5.10. The average Bonchev–Trinajstić information content (AvgIpc) is 2.76. The number of hydrogen-bond acceptors (Lipinski definition) is 3. The van der Waals surface area contributed by atoms with Gasteiger partial charge in [-0.25, -0.2) is 0 Å². The van der Waals surface area contributed by atoms with Gasteiger partial charge in [0.1, 0.15) is 5.69 Å². The molecule has 0 radical (unpaired) electrons. The minimum absolute atomic E-state index is 0.0634. The van der Waals surface area contributed by atoms with Crippen LogP contribution in [0, 0.1) is 0 Å². The molecule has 1 aromatic rings. The molecule has 100 valence electrons. The Morgan fingerprint density at radius 1 is 1.44 bits per heavy atom. The molecule has 5 heteroatoms. The van der Waals surface area contributed by atoms with E-state index in [1.165, 1.54) is 0 Å². The molecule has 0 aromatic carbocycles. The molecule has 1 aromatic heterocycles. The van der Waals surface area contributed by atoms with Gasteiger partial charge in [-0.1, -0.05) is 0 Å². The average molecular weight is 251 g/mol. The maximum atomic E-state index is 12.2. The molecule has 0 unspecified atom stereocenters. The molecule has 0 aliphatic carbocycles. The molecular weight excluding hydrogens is 230 g/mol. The summed E-state index contributed by atoms with van der Waals surface area (Å²) in [6.45, 7) is 7.40. The fourth-order valence-electron chi connectivity index (χ4n) is 2.12. The van der Waals surface area contributed by atoms with Gasteiger partial charge >= 0.3 is 0 Å². The van der Waals surface area contributed by atoms with Crippen molar-refractivity contribution in [2.75, 3.05) is 13.2 Å². The zero-order chi connectivity index (χ0) is 13.2. The fraction of sp³-hybridized carbons (Fsp3) is 0.692. The number of rotatable bonds is 2. The summed E-state index contributed by atoms with van der Waals surface area (Å²) in [7, 11) is 0. The monoisotopic (exact) mass is 251 g/mol. The molecule has 0 saturated carbocycles. The molecule has 0 bridgehead atoms. The summed E-state index contributed by atoms with van der Waals surface area (Å²) in [4.78, 5) is 12.2. The third-order valence-electron chi connectivity index (χ3n) is 2.93. The molecule has 1 fully saturated rings. The van der Waals surface area contributed by atoms with Crippen LogP contribution in [0.5, 0.6) is 0 Å². The Morgan fingerprint density at radius 3 is 2.72 bits per heavy atom. The Morgan fingerprint density at radius 2 is 2.11 bits per heavy atom. The first-order valence-electron chi connectivity index (χ1n) is 6.41. The van der Waals surface area contributed by atoms with E-state index in [-0.39, 0.29) is 17.5 Å². The molecule has 1 saturated heterocycles. The van der Waals surface area contributed by atoms with Crippen LogP contribution in [0.1, 0.15) is 50.1 Å². The highest BCUT2D eigenvalue weighted by molar-refractivity contribution is 5.92. The van der Waals surface area contributed by atoms with Crippen molar-refractivity contribution in [1.29, 1.82) is 0 Å². The Hall–Kier alpha value is -1.36. The summed E-state index contributed by atoms with van der Waals surface area (Å²) in [5.41, 5.74) is 0.402. The third-order valence-corrected chi connectivity index (χ3v) is 2.93. The highest BCUT2D eigenvalue weighted by Gasteiger charge is 2.23. The predicted octanol–water partition coefficient (Wildman–Crippen LogP) is 1.76. The molecule has 18 heavy (non-hydrogen) atoms. The SMILES string of the molecule is CC(C)(C)NC(=O)c1ccnn1C1CCOCC1. The van der Waals surface area contributed by atoms with E-state index >= 15 is 0 Å². The van der Waals surface area contributed by atoms with Gasteiger partial charge in [0.05, 0.1) is 6.04 Å². The highest BCUT2D eigenvalue weighted by atomic mass is 16.5. The van der Waals surface area contributed by atoms with E-state index in [0.717, 1.165) is 26.1 Å². The highest BCUT2D eigenvalue weighted by Crippen LogP contribution is 2.21. The van der Waals surface area contributed by atoms with E-state index in [9.17, 15) is 4.79 Å². The maximum Gasteiger partial charge on any atom is 0.269 e. The van der Waals surface area contributed by atoms with Gasteiger partial charge in [0, 0.05) is 24.9 Å². The van der Waals surface area contributed by atoms with E-state index in [2.05, 4.69) is 10.4 Å². The summed E-state index contributed by atoms with van der Waals surface area (Å²) in [5, 5.41) is 7.26. The Labute approximate surface area is 108 Å². The number of hydrogen-bond donors (Lipinski definition) is 1. The van der Waals surface area contributed by atoms with E-state index in [1.807, 2.05) is 25.5 Å². The molecule has 2 rings (SSSR count). The van der Waals surface area contributed by atoms with Crippen LogP contribution in [-0.2, 0) is 4.74 Å². The van der Waals surface area contributed by atoms with Crippen molar-refractivity contribution in [1.82, 2.24) is 15.1 Å². The number of carbonyl (C=O) groups is 1. The molecule has 1 aliphatic rings. The van der Waals surface area contributed by atoms with Crippen molar-refractivity contribution in [3.05, 3.63) is 18.0 Å². The molecule has 0 spiro atoms. The topological polar surface area (TPSA) is 56.2 Å². The molecule has 1 N–H and O–H groups in total. The lowest BCUT2D eigenvalue weighted by Gasteiger charge is -2.25. The van der Waals surface area contributed by atoms with Gasteiger partial charge in [0.25, 0.3) is 5.91 Å². The second-order valence-electron chi connectivity index (χ2n) is 5.71. The lowest BCUT2D eigenvalue weighted by Crippen LogP contribution is -2.41. The van der Waals surface area contributed by atoms with Crippen LogP contribution in [0.2, 0.25) is 0 Å². The molecule has 0 atom stereocenters. The normalized spacial score (nSPS) is 17.7. The number of nitrogens with zero attached hydrogens (tertiary/aromatic N) is 2. The van der Waals surface area contributed by atoms with Crippen LogP contribution < -0.4 is 5.32 Å². The van der Waals surface area contributed by atoms with Crippen molar-refractivity contribution < 1.29 is 9.53 Å². The molecule has 5 nitrogen and oxygen atoms in total. The Balaban J connectivity index is 2.14. The van der Waals surface area contributed by atoms with E-state index in [1.54, 1.807) is 12.3 Å². The second-order valence-corrected chi connectivity index (χ2v) is 5.71. The maximum absolute atomic E-state index is 12.2. The summed E-state index contributed by atoms with van der Waals surface area (Å²) in [5.74, 6) is -0.0634. The van der Waals surface area contributed by atoms with Gasteiger partial charge in [-0.15, -0.1) is 0 Å². The van der Waals surface area contributed by atoms with Gasteiger partial charge in [-0.3, -0.25) is 9.48 Å². The standard InChI is InChI=1S/C13H21N3O2/c1-13(2,3)15-12(17)11-4-7-14-16(11)10-5-8-18-9-6-10/h4,7,10H,5-6,8-9H2,1-3H3,(H,15,17). The van der Waals surface area contributed by atoms with Crippen LogP contribution in [0.15, 0.2) is 12.3 Å². The summed E-state index contributed by atoms with van der Waals surface area (Å²) < 4.78 is 7.17. The first-order chi connectivity index (χ1) is 8.47. The fourth-order valence-corrected chi connectivity index (χ4v) is 2.12. The van der Waals surface area contributed by atoms with Crippen LogP contribution in [0.25, 0.3) is 0 Å². The van der Waals surface area contributed by atoms with Gasteiger partial charge in [-0.2, -0.15) is 5.10 Å². The first-order valence-corrected chi connectivity index (χ1v) is 6.41. The molecule has 2 heterocycles. The molecular formula is C13H21N3O2. The van der Waals surface area contributed by atoms with Gasteiger partial charge in [0.15, 0.2) is 0 Å². The van der Waals surface area contributed by atoms with Crippen molar-refractivity contribution >= 4 is 5.91 Å². The molecule has 1 aliphatic heterocycles. The van der Waals surface area contributed by atoms with Crippen LogP contribution in [0.3, 0.4) is 0 Å². The van der Waals surface area contributed by atoms with Gasteiger partial charge in [0.2, 0.25) is 0 Å². The zero-order valence-corrected chi connectivity index (χ0v) is 11.3. The van der Waals surface area contributed by atoms with E-state index in [0.29, 0.717) is 5.69 Å². The summed E-state index contributed by atoms with van der Waals surface area (Å²) >= 11 is 0. The van der Waals surface area contributed by atoms with Crippen LogP contribution in [0.4, 0.5) is 0 Å². The first kappa shape index (κ1) is 13.1. The summed E-state index contributed by atoms with van der Waals surface area (Å²) in [6.07, 6.45) is 3.52. The van der Waals surface area contributed by atoms with Crippen LogP contribution in [-0.4, -0.2) is 34.4 Å². The third kappa shape index (κ3) is 3.10. The number of nitrogens with one attached hydrogen (secondary N) is 1. The molecule has 1 amide bonds. The largest absolute Gasteiger partial charge is 0.381 e. The Bertz CT molecular complexity index is 414. The van der Waals surface area contributed by atoms with Gasteiger partial charge < -0.3 is 10.1 Å². The smallest absolute Gasteiger partial charge is 0.269 e. The zero-order valence-electron chi connectivity index (χ0n) is 11.3. The minimum atomic E-state index is -0.234. The van der Waals surface area contributed by atoms with Crippen molar-refractivity contribution in [3.8, 4) is 0 Å². The lowest BCUT2D eigenvalue weighted by molar-refractivity contribution is 0.0639. The summed E-state index contributed by atoms with van der Waals surface area (Å²) in [6, 6.07) is 2.05. The van der Waals surface area contributed by atoms with Crippen molar-refractivity contribution in [3.63, 3.8) is 0 Å². The quantitative estimate of drug-likeness (QED) is 0.871. The number of aromatic nitrogens is 2. The number of carbonyl (C=O) groups excluding carboxylic acids is 1. The Kier molecular flexibility index (Phi) is 3.71. The number of ether oxygens (including phenoxy) is 1. The van der Waals surface area contributed by atoms with E-state index in [4.69, 9.17) is 4.74 Å². The minimum Gasteiger partial charge on any atom is -0.381 e. The number of amides is 1.